The summed E-state index contributed by atoms with van der Waals surface area (Å²) in [5, 5.41) is 1.32. The summed E-state index contributed by atoms with van der Waals surface area (Å²) in [6.07, 6.45) is 0. The molecule has 0 amide bonds. The predicted octanol–water partition coefficient (Wildman–Crippen LogP) is 3.78. The van der Waals surface area contributed by atoms with Crippen molar-refractivity contribution < 1.29 is 0 Å². The fraction of sp³-hybridized carbons (Fsp3) is 0.571. The van der Waals surface area contributed by atoms with Gasteiger partial charge in [0.1, 0.15) is 0 Å². The molecule has 0 radical (unpaired) electrons. The summed E-state index contributed by atoms with van der Waals surface area (Å²) >= 11 is 0. The summed E-state index contributed by atoms with van der Waals surface area (Å²) in [5.74, 6) is 0. The molecule has 15 heavy (non-hydrogen) atoms. The van der Waals surface area contributed by atoms with Crippen molar-refractivity contribution in [2.75, 3.05) is 0 Å². The minimum atomic E-state index is 0.221. The third kappa shape index (κ3) is 3.05. The van der Waals surface area contributed by atoms with Crippen LogP contribution in [0.4, 0.5) is 0 Å². The molecule has 0 aliphatic rings. The second-order valence-corrected chi connectivity index (χ2v) is 6.92. The highest BCUT2D eigenvalue weighted by molar-refractivity contribution is 7.27. The lowest BCUT2D eigenvalue weighted by Crippen LogP contribution is -2.21. The molecule has 0 fully saturated rings. The molecule has 1 heteroatoms. The van der Waals surface area contributed by atoms with Crippen molar-refractivity contribution in [2.45, 2.75) is 52.4 Å². The Morgan fingerprint density at radius 2 is 1.40 bits per heavy atom. The summed E-state index contributed by atoms with van der Waals surface area (Å²) in [6.45, 7) is 13.6. The Hall–Kier alpha value is -0.350. The van der Waals surface area contributed by atoms with Crippen LogP contribution >= 0.6 is 9.24 Å². The molecule has 1 atom stereocenters. The van der Waals surface area contributed by atoms with Gasteiger partial charge in [-0.1, -0.05) is 59.7 Å². The van der Waals surface area contributed by atoms with Gasteiger partial charge in [-0.3, -0.25) is 0 Å². The topological polar surface area (TPSA) is 0 Å². The highest BCUT2D eigenvalue weighted by atomic mass is 19.1. The molecular formula is C14H23P. The van der Waals surface area contributed by atoms with Gasteiger partial charge in [-0.25, -0.2) is 0 Å². The van der Waals surface area contributed by atoms with Crippen LogP contribution in [0.3, 0.4) is 0 Å². The van der Waals surface area contributed by atoms with Gasteiger partial charge >= 0.3 is 0 Å². The van der Waals surface area contributed by atoms with Crippen LogP contribution in [0.2, 0.25) is 0 Å². The Morgan fingerprint density at radius 1 is 0.867 bits per heavy atom. The average molecular weight is 210 g/mol. The monoisotopic (exact) mass is 210 g/mol. The van der Waals surface area contributed by atoms with E-state index < -0.39 is 0 Å². The lowest BCUT2D eigenvalue weighted by Gasteiger charge is -2.26. The average Bonchev–Trinajstić information content (AvgIpc) is 2.00. The first-order valence-corrected chi connectivity index (χ1v) is 6.10. The predicted molar refractivity (Wildman–Crippen MR) is 73.2 cm³/mol. The molecule has 0 N–H and O–H groups in total. The van der Waals surface area contributed by atoms with E-state index in [-0.39, 0.29) is 10.8 Å². The van der Waals surface area contributed by atoms with E-state index in [0.29, 0.717) is 0 Å². The van der Waals surface area contributed by atoms with Crippen LogP contribution in [0.25, 0.3) is 0 Å². The van der Waals surface area contributed by atoms with Crippen LogP contribution in [0.15, 0.2) is 18.2 Å². The SMILES string of the molecule is CC(C)(C)c1ccc([19PH2])c(C(C)(C)C)c1. The van der Waals surface area contributed by atoms with Crippen molar-refractivity contribution in [3.63, 3.8) is 0 Å². The Balaban J connectivity index is 3.30. The maximum atomic E-state index is 2.84. The molecule has 0 saturated heterocycles. The Morgan fingerprint density at radius 3 is 1.80 bits per heavy atom. The van der Waals surface area contributed by atoms with E-state index in [2.05, 4.69) is 69.0 Å². The number of hydrogen-bond donors (Lipinski definition) is 0. The Bertz CT molecular complexity index is 351. The fourth-order valence-corrected chi connectivity index (χ4v) is 2.28. The first-order chi connectivity index (χ1) is 6.62. The van der Waals surface area contributed by atoms with Gasteiger partial charge in [0, 0.05) is 0 Å². The molecule has 0 aliphatic heterocycles. The minimum absolute atomic E-state index is 0.221. The second-order valence-electron chi connectivity index (χ2n) is 6.30. The van der Waals surface area contributed by atoms with Crippen molar-refractivity contribution in [3.05, 3.63) is 29.3 Å². The van der Waals surface area contributed by atoms with E-state index >= 15 is 0 Å². The molecule has 1 unspecified atom stereocenters. The number of rotatable bonds is 0. The molecule has 0 aromatic heterocycles. The molecule has 84 valence electrons. The summed E-state index contributed by atoms with van der Waals surface area (Å²) in [5.41, 5.74) is 3.30. The first kappa shape index (κ1) is 12.7. The van der Waals surface area contributed by atoms with Crippen LogP contribution in [0, 0.1) is 0 Å². The van der Waals surface area contributed by atoms with E-state index in [0.717, 1.165) is 0 Å². The van der Waals surface area contributed by atoms with Crippen molar-refractivity contribution in [2.24, 2.45) is 0 Å². The molecular weight excluding hydrogens is 187 g/mol. The van der Waals surface area contributed by atoms with E-state index in [9.17, 15) is 0 Å². The van der Waals surface area contributed by atoms with Gasteiger partial charge in [-0.2, -0.15) is 0 Å². The Kier molecular flexibility index (Phi) is 3.31. The quantitative estimate of drug-likeness (QED) is 0.572. The Labute approximate surface area is 96.7 Å². The molecule has 0 saturated carbocycles. The van der Waals surface area contributed by atoms with Gasteiger partial charge in [0.15, 0.2) is 0 Å². The highest BCUT2D eigenvalue weighted by Gasteiger charge is 2.20. The normalized spacial score (nSPS) is 13.0. The van der Waals surface area contributed by atoms with Crippen LogP contribution in [0.5, 0.6) is 0 Å². The zero-order valence-electron chi connectivity index (χ0n) is 10.8. The summed E-state index contributed by atoms with van der Waals surface area (Å²) in [7, 11) is 2.84. The van der Waals surface area contributed by atoms with Gasteiger partial charge in [0.2, 0.25) is 0 Å². The van der Waals surface area contributed by atoms with Gasteiger partial charge in [-0.15, -0.1) is 9.24 Å². The van der Waals surface area contributed by atoms with Crippen molar-refractivity contribution in [1.29, 1.82) is 0 Å². The molecule has 0 heterocycles. The van der Waals surface area contributed by atoms with Crippen LogP contribution in [-0.2, 0) is 10.8 Å². The van der Waals surface area contributed by atoms with E-state index in [1.165, 1.54) is 16.4 Å². The summed E-state index contributed by atoms with van der Waals surface area (Å²) < 4.78 is 0. The number of hydrogen-bond acceptors (Lipinski definition) is 0. The zero-order chi connectivity index (χ0) is 11.9. The van der Waals surface area contributed by atoms with E-state index in [1.54, 1.807) is 0 Å². The molecule has 0 spiro atoms. The van der Waals surface area contributed by atoms with Crippen LogP contribution in [-0.4, -0.2) is 0 Å². The third-order valence-electron chi connectivity index (χ3n) is 2.73. The standard InChI is InChI=1S/C14H23P/c1-13(2,3)10-7-8-12(15)11(9-10)14(4,5)6/h7-9H,15H2,1-6H3/i15-12. The van der Waals surface area contributed by atoms with Crippen LogP contribution < -0.4 is 5.30 Å². The third-order valence-corrected chi connectivity index (χ3v) is 3.23. The highest BCUT2D eigenvalue weighted by Crippen LogP contribution is 2.28. The van der Waals surface area contributed by atoms with Gasteiger partial charge in [-0.05, 0) is 27.3 Å². The van der Waals surface area contributed by atoms with Crippen molar-refractivity contribution >= 4 is 14.5 Å². The van der Waals surface area contributed by atoms with Gasteiger partial charge < -0.3 is 0 Å². The summed E-state index contributed by atoms with van der Waals surface area (Å²) in [4.78, 5) is 0. The zero-order valence-corrected chi connectivity index (χ0v) is 12.0. The van der Waals surface area contributed by atoms with Gasteiger partial charge in [0.05, 0.1) is 0 Å². The molecule has 1 aromatic rings. The molecule has 0 aliphatic carbocycles. The maximum absolute atomic E-state index is 2.84. The largest absolute Gasteiger partial charge is 0.105 e. The van der Waals surface area contributed by atoms with Crippen molar-refractivity contribution in [1.82, 2.24) is 0 Å². The second kappa shape index (κ2) is 3.91. The smallest absolute Gasteiger partial charge is 0.0126 e. The molecule has 0 nitrogen and oxygen atoms in total. The maximum Gasteiger partial charge on any atom is -0.0126 e. The molecule has 1 rings (SSSR count). The first-order valence-electron chi connectivity index (χ1n) is 5.53. The fourth-order valence-electron chi connectivity index (χ4n) is 1.67. The summed E-state index contributed by atoms with van der Waals surface area (Å²) in [6, 6.07) is 6.80. The van der Waals surface area contributed by atoms with Crippen molar-refractivity contribution in [3.8, 4) is 0 Å². The molecule has 0 bridgehead atoms. The van der Waals surface area contributed by atoms with Gasteiger partial charge in [0.25, 0.3) is 0 Å². The van der Waals surface area contributed by atoms with Crippen LogP contribution in [0.1, 0.15) is 52.7 Å². The minimum Gasteiger partial charge on any atom is -0.105 e. The number of benzene rings is 1. The lowest BCUT2D eigenvalue weighted by molar-refractivity contribution is 0.571. The lowest BCUT2D eigenvalue weighted by atomic mass is 9.80. The van der Waals surface area contributed by atoms with E-state index in [4.69, 9.17) is 0 Å². The van der Waals surface area contributed by atoms with E-state index in [1.807, 2.05) is 0 Å². The molecule has 1 aromatic carbocycles.